The summed E-state index contributed by atoms with van der Waals surface area (Å²) in [6.07, 6.45) is 0. The molecule has 1 N–H and O–H groups in total. The van der Waals surface area contributed by atoms with Crippen LogP contribution in [0.2, 0.25) is 0 Å². The Morgan fingerprint density at radius 3 is 2.67 bits per heavy atom. The van der Waals surface area contributed by atoms with Crippen molar-refractivity contribution in [3.63, 3.8) is 0 Å². The number of hydrogen-bond donors (Lipinski definition) is 1. The molecule has 102 valence electrons. The number of fused-ring (bicyclic) bond motifs is 1. The molecule has 0 atom stereocenters. The van der Waals surface area contributed by atoms with Crippen LogP contribution in [0.15, 0.2) is 48.5 Å². The lowest BCUT2D eigenvalue weighted by atomic mass is 10.1. The predicted molar refractivity (Wildman–Crippen MR) is 81.9 cm³/mol. The molecule has 0 aliphatic carbocycles. The molecule has 4 nitrogen and oxygen atoms in total. The van der Waals surface area contributed by atoms with Crippen molar-refractivity contribution in [1.29, 1.82) is 5.26 Å². The highest BCUT2D eigenvalue weighted by atomic mass is 32.1. The van der Waals surface area contributed by atoms with Crippen molar-refractivity contribution in [2.75, 3.05) is 0 Å². The maximum atomic E-state index is 12.1. The van der Waals surface area contributed by atoms with Crippen molar-refractivity contribution in [2.45, 2.75) is 6.54 Å². The van der Waals surface area contributed by atoms with Gasteiger partial charge >= 0.3 is 0 Å². The highest BCUT2D eigenvalue weighted by Gasteiger charge is 2.11. The SMILES string of the molecule is N#Cc1ccc(CNC(=O)c2nc3ccccc3s2)cc1. The molecule has 0 bridgehead atoms. The van der Waals surface area contributed by atoms with E-state index < -0.39 is 0 Å². The van der Waals surface area contributed by atoms with E-state index in [2.05, 4.69) is 16.4 Å². The number of benzene rings is 2. The quantitative estimate of drug-likeness (QED) is 0.807. The Morgan fingerprint density at radius 2 is 1.95 bits per heavy atom. The van der Waals surface area contributed by atoms with Gasteiger partial charge in [0.05, 0.1) is 21.8 Å². The number of carbonyl (C=O) groups excluding carboxylic acids is 1. The van der Waals surface area contributed by atoms with Gasteiger partial charge in [0.1, 0.15) is 0 Å². The maximum absolute atomic E-state index is 12.1. The molecule has 5 heteroatoms. The first kappa shape index (κ1) is 13.3. The van der Waals surface area contributed by atoms with Gasteiger partial charge in [-0.15, -0.1) is 11.3 Å². The van der Waals surface area contributed by atoms with Gasteiger partial charge in [-0.3, -0.25) is 4.79 Å². The summed E-state index contributed by atoms with van der Waals surface area (Å²) in [5.41, 5.74) is 2.39. The number of nitrogens with one attached hydrogen (secondary N) is 1. The fourth-order valence-electron chi connectivity index (χ4n) is 1.92. The third-order valence-corrected chi connectivity index (χ3v) is 4.06. The fourth-order valence-corrected chi connectivity index (χ4v) is 2.81. The summed E-state index contributed by atoms with van der Waals surface area (Å²) in [6.45, 7) is 0.417. The van der Waals surface area contributed by atoms with E-state index in [4.69, 9.17) is 5.26 Å². The zero-order valence-electron chi connectivity index (χ0n) is 11.0. The Labute approximate surface area is 125 Å². The van der Waals surface area contributed by atoms with Crippen molar-refractivity contribution in [1.82, 2.24) is 10.3 Å². The molecule has 3 rings (SSSR count). The van der Waals surface area contributed by atoms with E-state index in [0.717, 1.165) is 15.8 Å². The average molecular weight is 293 g/mol. The summed E-state index contributed by atoms with van der Waals surface area (Å²) in [5.74, 6) is -0.180. The van der Waals surface area contributed by atoms with Crippen LogP contribution in [0, 0.1) is 11.3 Å². The van der Waals surface area contributed by atoms with E-state index in [9.17, 15) is 4.79 Å². The first-order chi connectivity index (χ1) is 10.3. The van der Waals surface area contributed by atoms with Gasteiger partial charge in [0.25, 0.3) is 5.91 Å². The minimum absolute atomic E-state index is 0.180. The molecule has 0 unspecified atom stereocenters. The van der Waals surface area contributed by atoms with E-state index in [0.29, 0.717) is 17.1 Å². The van der Waals surface area contributed by atoms with Gasteiger partial charge in [0.2, 0.25) is 0 Å². The first-order valence-corrected chi connectivity index (χ1v) is 7.21. The lowest BCUT2D eigenvalue weighted by Crippen LogP contribution is -2.22. The number of amides is 1. The number of rotatable bonds is 3. The van der Waals surface area contributed by atoms with Crippen molar-refractivity contribution >= 4 is 27.5 Å². The molecular formula is C16H11N3OS. The van der Waals surface area contributed by atoms with E-state index in [1.807, 2.05) is 36.4 Å². The number of aromatic nitrogens is 1. The van der Waals surface area contributed by atoms with Crippen LogP contribution >= 0.6 is 11.3 Å². The topological polar surface area (TPSA) is 65.8 Å². The second kappa shape index (κ2) is 5.73. The molecule has 0 saturated carbocycles. The number of hydrogen-bond acceptors (Lipinski definition) is 4. The second-order valence-corrected chi connectivity index (χ2v) is 5.51. The molecule has 1 aromatic heterocycles. The standard InChI is InChI=1S/C16H11N3OS/c17-9-11-5-7-12(8-6-11)10-18-15(20)16-19-13-3-1-2-4-14(13)21-16/h1-8H,10H2,(H,18,20). The Balaban J connectivity index is 1.69. The molecule has 0 fully saturated rings. The monoisotopic (exact) mass is 293 g/mol. The van der Waals surface area contributed by atoms with Gasteiger partial charge in [0, 0.05) is 6.54 Å². The zero-order valence-corrected chi connectivity index (χ0v) is 11.9. The third-order valence-electron chi connectivity index (χ3n) is 3.02. The largest absolute Gasteiger partial charge is 0.346 e. The van der Waals surface area contributed by atoms with Crippen molar-refractivity contribution in [2.24, 2.45) is 0 Å². The molecule has 0 spiro atoms. The lowest BCUT2D eigenvalue weighted by molar-refractivity contribution is 0.0950. The molecule has 0 radical (unpaired) electrons. The summed E-state index contributed by atoms with van der Waals surface area (Å²) in [6, 6.07) is 16.9. The summed E-state index contributed by atoms with van der Waals surface area (Å²) >= 11 is 1.38. The number of para-hydroxylation sites is 1. The highest BCUT2D eigenvalue weighted by Crippen LogP contribution is 2.21. The summed E-state index contributed by atoms with van der Waals surface area (Å²) in [5, 5.41) is 12.0. The minimum Gasteiger partial charge on any atom is -0.346 e. The summed E-state index contributed by atoms with van der Waals surface area (Å²) < 4.78 is 1.00. The van der Waals surface area contributed by atoms with Crippen LogP contribution in [-0.2, 0) is 6.54 Å². The maximum Gasteiger partial charge on any atom is 0.280 e. The van der Waals surface area contributed by atoms with E-state index in [1.54, 1.807) is 12.1 Å². The lowest BCUT2D eigenvalue weighted by Gasteiger charge is -2.03. The van der Waals surface area contributed by atoms with E-state index in [1.165, 1.54) is 11.3 Å². The molecule has 2 aromatic carbocycles. The van der Waals surface area contributed by atoms with Gasteiger partial charge in [-0.25, -0.2) is 4.98 Å². The Bertz CT molecular complexity index is 798. The number of nitrogens with zero attached hydrogens (tertiary/aromatic N) is 2. The van der Waals surface area contributed by atoms with Crippen molar-refractivity contribution in [3.8, 4) is 6.07 Å². The van der Waals surface area contributed by atoms with E-state index in [-0.39, 0.29) is 5.91 Å². The van der Waals surface area contributed by atoms with Gasteiger partial charge < -0.3 is 5.32 Å². The van der Waals surface area contributed by atoms with Crippen LogP contribution in [0.25, 0.3) is 10.2 Å². The second-order valence-electron chi connectivity index (χ2n) is 4.48. The van der Waals surface area contributed by atoms with Gasteiger partial charge in [-0.1, -0.05) is 24.3 Å². The molecule has 1 heterocycles. The molecule has 0 saturated heterocycles. The molecule has 21 heavy (non-hydrogen) atoms. The summed E-state index contributed by atoms with van der Waals surface area (Å²) in [4.78, 5) is 16.4. The Morgan fingerprint density at radius 1 is 1.19 bits per heavy atom. The highest BCUT2D eigenvalue weighted by molar-refractivity contribution is 7.20. The number of nitriles is 1. The van der Waals surface area contributed by atoms with Gasteiger partial charge in [0.15, 0.2) is 5.01 Å². The van der Waals surface area contributed by atoms with Crippen LogP contribution in [0.5, 0.6) is 0 Å². The minimum atomic E-state index is -0.180. The number of carbonyl (C=O) groups is 1. The number of thiazole rings is 1. The normalized spacial score (nSPS) is 10.2. The molecule has 3 aromatic rings. The Hall–Kier alpha value is -2.71. The van der Waals surface area contributed by atoms with Gasteiger partial charge in [-0.2, -0.15) is 5.26 Å². The van der Waals surface area contributed by atoms with Crippen LogP contribution in [0.3, 0.4) is 0 Å². The Kier molecular flexibility index (Phi) is 3.63. The van der Waals surface area contributed by atoms with Crippen molar-refractivity contribution in [3.05, 3.63) is 64.7 Å². The van der Waals surface area contributed by atoms with Crippen LogP contribution in [-0.4, -0.2) is 10.9 Å². The predicted octanol–water partition coefficient (Wildman–Crippen LogP) is 3.10. The van der Waals surface area contributed by atoms with Crippen LogP contribution in [0.1, 0.15) is 20.9 Å². The van der Waals surface area contributed by atoms with Crippen LogP contribution in [0.4, 0.5) is 0 Å². The van der Waals surface area contributed by atoms with Crippen molar-refractivity contribution < 1.29 is 4.79 Å². The summed E-state index contributed by atoms with van der Waals surface area (Å²) in [7, 11) is 0. The van der Waals surface area contributed by atoms with Crippen LogP contribution < -0.4 is 5.32 Å². The average Bonchev–Trinajstić information content (AvgIpc) is 2.97. The smallest absolute Gasteiger partial charge is 0.280 e. The molecular weight excluding hydrogens is 282 g/mol. The van der Waals surface area contributed by atoms with Gasteiger partial charge in [-0.05, 0) is 29.8 Å². The first-order valence-electron chi connectivity index (χ1n) is 6.39. The zero-order chi connectivity index (χ0) is 14.7. The van der Waals surface area contributed by atoms with E-state index >= 15 is 0 Å². The molecule has 1 amide bonds. The molecule has 0 aliphatic rings. The third kappa shape index (κ3) is 2.91. The molecule has 0 aliphatic heterocycles. The fraction of sp³-hybridized carbons (Fsp3) is 0.0625.